The molecule has 0 aromatic heterocycles. The Morgan fingerprint density at radius 1 is 1.12 bits per heavy atom. The minimum atomic E-state index is -0.841. The highest BCUT2D eigenvalue weighted by atomic mass is 16.6. The monoisotopic (exact) mass is 445 g/mol. The van der Waals surface area contributed by atoms with E-state index in [0.29, 0.717) is 23.4 Å². The van der Waals surface area contributed by atoms with E-state index in [4.69, 9.17) is 9.47 Å². The summed E-state index contributed by atoms with van der Waals surface area (Å²) in [5.74, 6) is -1.97. The number of nitro groups is 1. The van der Waals surface area contributed by atoms with Gasteiger partial charge in [0.15, 0.2) is 0 Å². The molecule has 174 valence electrons. The molecule has 0 radical (unpaired) electrons. The second kappa shape index (κ2) is 10.9. The Balaban J connectivity index is 2.57. The highest BCUT2D eigenvalue weighted by molar-refractivity contribution is 5.99. The number of hydrogen-bond donors (Lipinski definition) is 0. The molecule has 0 N–H and O–H groups in total. The third-order valence-electron chi connectivity index (χ3n) is 5.48. The summed E-state index contributed by atoms with van der Waals surface area (Å²) in [5.41, 5.74) is 2.09. The third kappa shape index (κ3) is 5.53. The molecule has 0 amide bonds. The van der Waals surface area contributed by atoms with Crippen LogP contribution in [0, 0.1) is 10.1 Å². The van der Waals surface area contributed by atoms with Gasteiger partial charge in [-0.1, -0.05) is 12.1 Å². The lowest BCUT2D eigenvalue weighted by atomic mass is 9.79. The van der Waals surface area contributed by atoms with Crippen LogP contribution < -0.4 is 0 Å². The smallest absolute Gasteiger partial charge is 0.336 e. The highest BCUT2D eigenvalue weighted by Gasteiger charge is 2.40. The number of carbonyl (C=O) groups is 2. The number of non-ortho nitro benzene ring substituents is 1. The number of nitrogens with zero attached hydrogens (tertiary/aromatic N) is 3. The Bertz CT molecular complexity index is 951. The molecule has 1 aromatic carbocycles. The summed E-state index contributed by atoms with van der Waals surface area (Å²) in [7, 11) is 5.62. The summed E-state index contributed by atoms with van der Waals surface area (Å²) in [6, 6.07) is 5.96. The number of nitro benzene ring substituents is 1. The average Bonchev–Trinajstić information content (AvgIpc) is 2.74. The molecule has 1 unspecified atom stereocenters. The highest BCUT2D eigenvalue weighted by Crippen LogP contribution is 2.42. The van der Waals surface area contributed by atoms with Gasteiger partial charge >= 0.3 is 11.9 Å². The van der Waals surface area contributed by atoms with Crippen LogP contribution in [0.4, 0.5) is 5.69 Å². The van der Waals surface area contributed by atoms with Gasteiger partial charge in [0, 0.05) is 37.1 Å². The quantitative estimate of drug-likeness (QED) is 0.247. The van der Waals surface area contributed by atoms with Crippen LogP contribution in [-0.4, -0.2) is 67.6 Å². The molecule has 0 saturated carbocycles. The van der Waals surface area contributed by atoms with Gasteiger partial charge in [0.1, 0.15) is 0 Å². The van der Waals surface area contributed by atoms with Crippen LogP contribution >= 0.6 is 0 Å². The number of ether oxygens (including phenoxy) is 2. The minimum absolute atomic E-state index is 0.126. The van der Waals surface area contributed by atoms with Crippen molar-refractivity contribution in [2.45, 2.75) is 33.1 Å². The van der Waals surface area contributed by atoms with Crippen LogP contribution in [0.3, 0.4) is 0 Å². The lowest BCUT2D eigenvalue weighted by Gasteiger charge is -2.35. The Labute approximate surface area is 188 Å². The fraction of sp³-hybridized carbons (Fsp3) is 0.478. The molecule has 1 aliphatic rings. The van der Waals surface area contributed by atoms with E-state index in [1.54, 1.807) is 44.9 Å². The molecule has 0 saturated heterocycles. The van der Waals surface area contributed by atoms with Crippen molar-refractivity contribution in [3.05, 3.63) is 62.5 Å². The topological polar surface area (TPSA) is 102 Å². The number of rotatable bonds is 9. The van der Waals surface area contributed by atoms with E-state index in [0.717, 1.165) is 6.54 Å². The van der Waals surface area contributed by atoms with Crippen LogP contribution in [0.5, 0.6) is 0 Å². The van der Waals surface area contributed by atoms with Gasteiger partial charge in [-0.2, -0.15) is 0 Å². The number of hydrogen-bond acceptors (Lipinski definition) is 8. The molecular formula is C23H31N3O6. The second-order valence-corrected chi connectivity index (χ2v) is 7.86. The molecule has 32 heavy (non-hydrogen) atoms. The zero-order valence-electron chi connectivity index (χ0n) is 19.5. The first-order valence-corrected chi connectivity index (χ1v) is 10.5. The molecule has 0 bridgehead atoms. The first kappa shape index (κ1) is 25.1. The maximum Gasteiger partial charge on any atom is 0.336 e. The molecule has 9 nitrogen and oxygen atoms in total. The lowest BCUT2D eigenvalue weighted by Crippen LogP contribution is -2.33. The summed E-state index contributed by atoms with van der Waals surface area (Å²) >= 11 is 0. The molecule has 0 spiro atoms. The zero-order valence-corrected chi connectivity index (χ0v) is 19.5. The Kier molecular flexibility index (Phi) is 8.54. The van der Waals surface area contributed by atoms with Crippen molar-refractivity contribution in [1.29, 1.82) is 0 Å². The van der Waals surface area contributed by atoms with E-state index in [9.17, 15) is 19.7 Å². The molecule has 0 aliphatic carbocycles. The second-order valence-electron chi connectivity index (χ2n) is 7.86. The SMILES string of the molecule is CCOC(=O)C1=C(C)N(C)C(C)=C(C(=O)OCCCN(C)C)C1c1cccc([N+](=O)[O-])c1. The Morgan fingerprint density at radius 3 is 2.25 bits per heavy atom. The van der Waals surface area contributed by atoms with Gasteiger partial charge in [-0.3, -0.25) is 10.1 Å². The van der Waals surface area contributed by atoms with Crippen molar-refractivity contribution in [2.75, 3.05) is 40.9 Å². The summed E-state index contributed by atoms with van der Waals surface area (Å²) in [6.07, 6.45) is 0.655. The summed E-state index contributed by atoms with van der Waals surface area (Å²) in [5, 5.41) is 11.4. The van der Waals surface area contributed by atoms with Gasteiger partial charge in [0.05, 0.1) is 35.2 Å². The maximum atomic E-state index is 13.2. The summed E-state index contributed by atoms with van der Waals surface area (Å²) in [4.78, 5) is 40.7. The van der Waals surface area contributed by atoms with E-state index in [1.807, 2.05) is 19.0 Å². The van der Waals surface area contributed by atoms with Crippen LogP contribution in [0.25, 0.3) is 0 Å². The van der Waals surface area contributed by atoms with Gasteiger partial charge in [0.2, 0.25) is 0 Å². The molecule has 1 heterocycles. The fourth-order valence-electron chi connectivity index (χ4n) is 3.69. The van der Waals surface area contributed by atoms with Gasteiger partial charge in [-0.25, -0.2) is 9.59 Å². The predicted octanol–water partition coefficient (Wildman–Crippen LogP) is 3.23. The predicted molar refractivity (Wildman–Crippen MR) is 120 cm³/mol. The average molecular weight is 446 g/mol. The molecule has 9 heteroatoms. The first-order chi connectivity index (χ1) is 15.1. The summed E-state index contributed by atoms with van der Waals surface area (Å²) < 4.78 is 10.8. The molecule has 2 rings (SSSR count). The van der Waals surface area contributed by atoms with Gasteiger partial charge in [-0.05, 0) is 46.9 Å². The van der Waals surface area contributed by atoms with E-state index >= 15 is 0 Å². The van der Waals surface area contributed by atoms with E-state index in [2.05, 4.69) is 0 Å². The van der Waals surface area contributed by atoms with Crippen LogP contribution in [0.1, 0.15) is 38.7 Å². The van der Waals surface area contributed by atoms with Crippen LogP contribution in [0.2, 0.25) is 0 Å². The molecular weight excluding hydrogens is 414 g/mol. The van der Waals surface area contributed by atoms with Crippen LogP contribution in [0.15, 0.2) is 46.8 Å². The normalized spacial score (nSPS) is 16.5. The number of esters is 2. The standard InChI is InChI=1S/C23H31N3O6/c1-7-31-22(27)19-15(2)25(6)16(3)20(23(28)32-13-9-12-24(4)5)21(19)17-10-8-11-18(14-17)26(29)30/h8,10-11,14,21H,7,9,12-13H2,1-6H3. The van der Waals surface area contributed by atoms with Gasteiger partial charge in [-0.15, -0.1) is 0 Å². The van der Waals surface area contributed by atoms with Crippen molar-refractivity contribution in [3.8, 4) is 0 Å². The number of benzene rings is 1. The van der Waals surface area contributed by atoms with Crippen molar-refractivity contribution in [3.63, 3.8) is 0 Å². The van der Waals surface area contributed by atoms with Crippen molar-refractivity contribution in [2.24, 2.45) is 0 Å². The largest absolute Gasteiger partial charge is 0.463 e. The summed E-state index contributed by atoms with van der Waals surface area (Å²) in [6.45, 7) is 6.37. The van der Waals surface area contributed by atoms with Gasteiger partial charge in [0.25, 0.3) is 5.69 Å². The Hall–Kier alpha value is -3.20. The van der Waals surface area contributed by atoms with Crippen LogP contribution in [-0.2, 0) is 19.1 Å². The lowest BCUT2D eigenvalue weighted by molar-refractivity contribution is -0.384. The Morgan fingerprint density at radius 2 is 1.72 bits per heavy atom. The minimum Gasteiger partial charge on any atom is -0.463 e. The number of carbonyl (C=O) groups excluding carboxylic acids is 2. The third-order valence-corrected chi connectivity index (χ3v) is 5.48. The maximum absolute atomic E-state index is 13.2. The van der Waals surface area contributed by atoms with E-state index in [1.165, 1.54) is 12.1 Å². The fourth-order valence-corrected chi connectivity index (χ4v) is 3.69. The molecule has 1 atom stereocenters. The number of allylic oxidation sites excluding steroid dienone is 2. The van der Waals surface area contributed by atoms with E-state index < -0.39 is 22.8 Å². The molecule has 1 aromatic rings. The first-order valence-electron chi connectivity index (χ1n) is 10.5. The van der Waals surface area contributed by atoms with Crippen molar-refractivity contribution in [1.82, 2.24) is 9.80 Å². The van der Waals surface area contributed by atoms with Crippen molar-refractivity contribution >= 4 is 17.6 Å². The molecule has 0 fully saturated rings. The van der Waals surface area contributed by atoms with E-state index in [-0.39, 0.29) is 30.0 Å². The van der Waals surface area contributed by atoms with Gasteiger partial charge < -0.3 is 19.3 Å². The molecule has 1 aliphatic heterocycles. The zero-order chi connectivity index (χ0) is 24.0. The van der Waals surface area contributed by atoms with Crippen molar-refractivity contribution < 1.29 is 24.0 Å².